The van der Waals surface area contributed by atoms with E-state index >= 15 is 0 Å². The van der Waals surface area contributed by atoms with E-state index in [0.29, 0.717) is 31.2 Å². The lowest BCUT2D eigenvalue weighted by Gasteiger charge is -2.25. The quantitative estimate of drug-likeness (QED) is 0.569. The van der Waals surface area contributed by atoms with Gasteiger partial charge in [-0.25, -0.2) is 0 Å². The summed E-state index contributed by atoms with van der Waals surface area (Å²) in [5.74, 6) is 1.46. The fourth-order valence-corrected chi connectivity index (χ4v) is 5.78. The van der Waals surface area contributed by atoms with Gasteiger partial charge < -0.3 is 14.5 Å². The standard InChI is InChI=1S/C28H29N5O3/c1-17-18(2)30-32(15-19-7-4-3-5-8-19)16-24(17)28-29-27(31-36-28)22-10-6-9-21-23(22)13-20-14-25(35)33(11-12-34)26(20)21/h3-10,16-17,20,26,34H,11-15H2,1-2H3. The summed E-state index contributed by atoms with van der Waals surface area (Å²) in [5, 5.41) is 20.5. The molecule has 0 spiro atoms. The van der Waals surface area contributed by atoms with E-state index < -0.39 is 0 Å². The summed E-state index contributed by atoms with van der Waals surface area (Å²) in [5.41, 5.74) is 6.36. The van der Waals surface area contributed by atoms with Crippen molar-refractivity contribution < 1.29 is 14.4 Å². The molecule has 0 bridgehead atoms. The van der Waals surface area contributed by atoms with Crippen LogP contribution in [0.15, 0.2) is 64.4 Å². The number of rotatable bonds is 6. The van der Waals surface area contributed by atoms with Crippen LogP contribution in [0.5, 0.6) is 0 Å². The number of carbonyl (C=O) groups excluding carboxylic acids is 1. The van der Waals surface area contributed by atoms with Crippen LogP contribution in [0.1, 0.15) is 48.9 Å². The van der Waals surface area contributed by atoms with Gasteiger partial charge in [-0.3, -0.25) is 9.80 Å². The number of aliphatic hydroxyl groups is 1. The second kappa shape index (κ2) is 9.02. The molecule has 8 nitrogen and oxygen atoms in total. The third-order valence-corrected chi connectivity index (χ3v) is 7.65. The lowest BCUT2D eigenvalue weighted by atomic mass is 9.96. The molecule has 1 fully saturated rings. The van der Waals surface area contributed by atoms with E-state index in [1.54, 1.807) is 0 Å². The molecule has 184 valence electrons. The maximum Gasteiger partial charge on any atom is 0.256 e. The minimum atomic E-state index is -0.0322. The van der Waals surface area contributed by atoms with Crippen LogP contribution in [0.2, 0.25) is 0 Å². The molecule has 1 N–H and O–H groups in total. The first kappa shape index (κ1) is 22.7. The highest BCUT2D eigenvalue weighted by Gasteiger charge is 2.46. The van der Waals surface area contributed by atoms with Gasteiger partial charge in [-0.1, -0.05) is 60.6 Å². The van der Waals surface area contributed by atoms with E-state index in [0.717, 1.165) is 28.8 Å². The first-order valence-corrected chi connectivity index (χ1v) is 12.5. The van der Waals surface area contributed by atoms with Gasteiger partial charge in [0.15, 0.2) is 0 Å². The first-order chi connectivity index (χ1) is 17.5. The van der Waals surface area contributed by atoms with Crippen molar-refractivity contribution in [3.8, 4) is 11.4 Å². The molecule has 2 aliphatic heterocycles. The van der Waals surface area contributed by atoms with Gasteiger partial charge in [0.05, 0.1) is 19.2 Å². The van der Waals surface area contributed by atoms with E-state index in [1.807, 2.05) is 53.4 Å². The minimum Gasteiger partial charge on any atom is -0.395 e. The van der Waals surface area contributed by atoms with Crippen LogP contribution in [0.25, 0.3) is 17.0 Å². The van der Waals surface area contributed by atoms with Gasteiger partial charge in [0.2, 0.25) is 11.7 Å². The summed E-state index contributed by atoms with van der Waals surface area (Å²) >= 11 is 0. The maximum absolute atomic E-state index is 12.5. The van der Waals surface area contributed by atoms with Gasteiger partial charge in [0.25, 0.3) is 5.89 Å². The molecular formula is C28H29N5O3. The average molecular weight is 484 g/mol. The number of benzene rings is 2. The molecule has 3 aromatic rings. The van der Waals surface area contributed by atoms with Crippen molar-refractivity contribution in [1.29, 1.82) is 0 Å². The summed E-state index contributed by atoms with van der Waals surface area (Å²) < 4.78 is 5.80. The third-order valence-electron chi connectivity index (χ3n) is 7.65. The predicted molar refractivity (Wildman–Crippen MR) is 135 cm³/mol. The van der Waals surface area contributed by atoms with Crippen LogP contribution in [0.4, 0.5) is 0 Å². The maximum atomic E-state index is 12.5. The number of aliphatic hydroxyl groups excluding tert-OH is 1. The molecule has 3 aliphatic rings. The Morgan fingerprint density at radius 2 is 1.94 bits per heavy atom. The number of hydrogen-bond donors (Lipinski definition) is 1. The molecule has 1 aromatic heterocycles. The van der Waals surface area contributed by atoms with Crippen molar-refractivity contribution in [2.24, 2.45) is 16.9 Å². The molecule has 8 heteroatoms. The summed E-state index contributed by atoms with van der Waals surface area (Å²) in [4.78, 5) is 19.1. The highest BCUT2D eigenvalue weighted by Crippen LogP contribution is 2.49. The number of hydrogen-bond acceptors (Lipinski definition) is 7. The number of hydrazone groups is 1. The Hall–Kier alpha value is -3.78. The monoisotopic (exact) mass is 483 g/mol. The molecule has 0 radical (unpaired) electrons. The topological polar surface area (TPSA) is 95.1 Å². The minimum absolute atomic E-state index is 0.0115. The number of likely N-dealkylation sites (tertiary alicyclic amines) is 1. The lowest BCUT2D eigenvalue weighted by molar-refractivity contribution is -0.129. The van der Waals surface area contributed by atoms with Gasteiger partial charge in [-0.2, -0.15) is 10.1 Å². The third kappa shape index (κ3) is 3.82. The largest absolute Gasteiger partial charge is 0.395 e. The molecule has 0 saturated carbocycles. The molecular weight excluding hydrogens is 454 g/mol. The smallest absolute Gasteiger partial charge is 0.256 e. The van der Waals surface area contributed by atoms with Crippen molar-refractivity contribution >= 4 is 17.2 Å². The Kier molecular flexibility index (Phi) is 5.68. The second-order valence-electron chi connectivity index (χ2n) is 9.85. The van der Waals surface area contributed by atoms with E-state index in [-0.39, 0.29) is 30.4 Å². The second-order valence-corrected chi connectivity index (χ2v) is 9.85. The lowest BCUT2D eigenvalue weighted by Crippen LogP contribution is -2.30. The highest BCUT2D eigenvalue weighted by atomic mass is 16.5. The average Bonchev–Trinajstić information content (AvgIpc) is 3.57. The number of fused-ring (bicyclic) bond motifs is 3. The zero-order valence-electron chi connectivity index (χ0n) is 20.5. The van der Waals surface area contributed by atoms with Gasteiger partial charge in [-0.05, 0) is 36.0 Å². The molecule has 2 aromatic carbocycles. The Bertz CT molecular complexity index is 1360. The first-order valence-electron chi connectivity index (χ1n) is 12.5. The summed E-state index contributed by atoms with van der Waals surface area (Å²) in [6.45, 7) is 5.11. The number of carbonyl (C=O) groups is 1. The molecule has 3 heterocycles. The zero-order chi connectivity index (χ0) is 24.8. The van der Waals surface area contributed by atoms with Crippen molar-refractivity contribution in [2.75, 3.05) is 13.2 Å². The number of nitrogens with zero attached hydrogens (tertiary/aromatic N) is 5. The fourth-order valence-electron chi connectivity index (χ4n) is 5.78. The van der Waals surface area contributed by atoms with Crippen molar-refractivity contribution in [1.82, 2.24) is 20.0 Å². The Morgan fingerprint density at radius 3 is 2.75 bits per heavy atom. The Balaban J connectivity index is 1.31. The number of aromatic nitrogens is 2. The number of β-amino-alcohol motifs (C(OH)–C–C–N with tert-alkyl or cyclic N) is 1. The van der Waals surface area contributed by atoms with E-state index in [4.69, 9.17) is 14.6 Å². The Morgan fingerprint density at radius 1 is 1.11 bits per heavy atom. The van der Waals surface area contributed by atoms with Gasteiger partial charge in [0, 0.05) is 41.9 Å². The van der Waals surface area contributed by atoms with Gasteiger partial charge >= 0.3 is 0 Å². The summed E-state index contributed by atoms with van der Waals surface area (Å²) in [6.07, 6.45) is 3.31. The summed E-state index contributed by atoms with van der Waals surface area (Å²) in [6, 6.07) is 16.3. The molecule has 6 rings (SSSR count). The van der Waals surface area contributed by atoms with E-state index in [2.05, 4.69) is 30.3 Å². The van der Waals surface area contributed by atoms with Crippen LogP contribution in [0.3, 0.4) is 0 Å². The van der Waals surface area contributed by atoms with Gasteiger partial charge in [0.1, 0.15) is 0 Å². The zero-order valence-corrected chi connectivity index (χ0v) is 20.5. The molecule has 1 saturated heterocycles. The van der Waals surface area contributed by atoms with Crippen LogP contribution in [-0.2, 0) is 17.8 Å². The highest BCUT2D eigenvalue weighted by molar-refractivity contribution is 5.95. The number of amides is 1. The molecule has 36 heavy (non-hydrogen) atoms. The molecule has 3 unspecified atom stereocenters. The summed E-state index contributed by atoms with van der Waals surface area (Å²) in [7, 11) is 0. The molecule has 1 aliphatic carbocycles. The Labute approximate surface area is 209 Å². The van der Waals surface area contributed by atoms with E-state index in [1.165, 1.54) is 11.1 Å². The van der Waals surface area contributed by atoms with Crippen molar-refractivity contribution in [3.05, 3.63) is 77.3 Å². The molecule has 1 amide bonds. The molecule has 3 atom stereocenters. The SMILES string of the molecule is CC1=NN(Cc2ccccc2)C=C(c2nc(-c3cccc4c3CC3CC(=O)N(CCO)C43)no2)C1C. The fraction of sp³-hybridized carbons (Fsp3) is 0.357. The van der Waals surface area contributed by atoms with Crippen LogP contribution >= 0.6 is 0 Å². The normalized spacial score (nSPS) is 23.0. The van der Waals surface area contributed by atoms with Crippen molar-refractivity contribution in [2.45, 2.75) is 39.3 Å². The van der Waals surface area contributed by atoms with Crippen LogP contribution in [0, 0.1) is 11.8 Å². The van der Waals surface area contributed by atoms with Crippen molar-refractivity contribution in [3.63, 3.8) is 0 Å². The predicted octanol–water partition coefficient (Wildman–Crippen LogP) is 4.04. The van der Waals surface area contributed by atoms with Crippen LogP contribution < -0.4 is 0 Å². The number of allylic oxidation sites excluding steroid dienone is 1. The van der Waals surface area contributed by atoms with Crippen LogP contribution in [-0.4, -0.2) is 49.9 Å². The van der Waals surface area contributed by atoms with E-state index in [9.17, 15) is 9.90 Å². The van der Waals surface area contributed by atoms with Gasteiger partial charge in [-0.15, -0.1) is 0 Å².